The number of allylic oxidation sites excluding steroid dienone is 2. The first kappa shape index (κ1) is 22.7. The van der Waals surface area contributed by atoms with Crippen LogP contribution in [0.25, 0.3) is 0 Å². The number of rotatable bonds is 6. The van der Waals surface area contributed by atoms with Crippen molar-refractivity contribution < 1.29 is 21.5 Å². The van der Waals surface area contributed by atoms with Crippen LogP contribution in [0.4, 0.5) is 14.0 Å². The molecule has 0 saturated carbocycles. The summed E-state index contributed by atoms with van der Waals surface area (Å²) < 4.78 is 50.3. The number of piperidine rings is 1. The van der Waals surface area contributed by atoms with Gasteiger partial charge in [0, 0.05) is 42.9 Å². The maximum Gasteiger partial charge on any atom is 0.332 e. The predicted molar refractivity (Wildman–Crippen MR) is 118 cm³/mol. The molecule has 10 heteroatoms. The van der Waals surface area contributed by atoms with Crippen molar-refractivity contribution >= 4 is 21.8 Å². The third-order valence-electron chi connectivity index (χ3n) is 6.66. The van der Waals surface area contributed by atoms with Gasteiger partial charge >= 0.3 is 10.2 Å². The van der Waals surface area contributed by atoms with Gasteiger partial charge < -0.3 is 16.0 Å². The number of halogens is 2. The van der Waals surface area contributed by atoms with Gasteiger partial charge in [0.1, 0.15) is 16.3 Å². The van der Waals surface area contributed by atoms with Gasteiger partial charge in [0.2, 0.25) is 5.91 Å². The van der Waals surface area contributed by atoms with E-state index in [2.05, 4.69) is 20.9 Å². The topological polar surface area (TPSA) is 90.5 Å². The molecule has 1 aromatic rings. The first-order valence-corrected chi connectivity index (χ1v) is 12.2. The number of amides is 1. The Morgan fingerprint density at radius 1 is 1.34 bits per heavy atom. The maximum absolute atomic E-state index is 14.5. The fraction of sp³-hybridized carbons (Fsp3) is 0.500. The largest absolute Gasteiger partial charge is 0.384 e. The summed E-state index contributed by atoms with van der Waals surface area (Å²) in [5.41, 5.74) is 0.940. The highest BCUT2D eigenvalue weighted by Crippen LogP contribution is 2.44. The van der Waals surface area contributed by atoms with Crippen LogP contribution in [0.5, 0.6) is 0 Å². The van der Waals surface area contributed by atoms with E-state index in [-0.39, 0.29) is 30.1 Å². The molecule has 32 heavy (non-hydrogen) atoms. The molecule has 0 radical (unpaired) electrons. The molecule has 3 N–H and O–H groups in total. The van der Waals surface area contributed by atoms with Crippen LogP contribution in [-0.2, 0) is 15.0 Å². The van der Waals surface area contributed by atoms with E-state index in [9.17, 15) is 21.5 Å². The summed E-state index contributed by atoms with van der Waals surface area (Å²) in [5.74, 6) is -0.733. The lowest BCUT2D eigenvalue weighted by molar-refractivity contribution is -0.131. The van der Waals surface area contributed by atoms with Crippen LogP contribution in [0, 0.1) is 5.92 Å². The van der Waals surface area contributed by atoms with Gasteiger partial charge in [0.15, 0.2) is 0 Å². The van der Waals surface area contributed by atoms with E-state index in [0.717, 1.165) is 18.5 Å². The summed E-state index contributed by atoms with van der Waals surface area (Å²) in [4.78, 5) is 14.8. The highest BCUT2D eigenvalue weighted by atomic mass is 32.3. The van der Waals surface area contributed by atoms with Gasteiger partial charge in [0.25, 0.3) is 0 Å². The number of fused-ring (bicyclic) bond motifs is 1. The number of likely N-dealkylation sites (tertiary alicyclic amines) is 1. The second kappa shape index (κ2) is 8.47. The molecule has 4 rings (SSSR count). The zero-order valence-electron chi connectivity index (χ0n) is 18.1. The van der Waals surface area contributed by atoms with Crippen molar-refractivity contribution in [3.05, 3.63) is 47.6 Å². The smallest absolute Gasteiger partial charge is 0.332 e. The highest BCUT2D eigenvalue weighted by molar-refractivity contribution is 7.86. The summed E-state index contributed by atoms with van der Waals surface area (Å²) in [6.45, 7) is 5.60. The molecular weight excluding hydrogens is 438 g/mol. The van der Waals surface area contributed by atoms with Crippen molar-refractivity contribution in [3.8, 4) is 0 Å². The monoisotopic (exact) mass is 466 g/mol. The molecule has 3 atom stereocenters. The zero-order valence-corrected chi connectivity index (χ0v) is 18.9. The minimum Gasteiger partial charge on any atom is -0.384 e. The molecule has 1 aliphatic carbocycles. The van der Waals surface area contributed by atoms with Crippen molar-refractivity contribution in [1.29, 1.82) is 0 Å². The molecule has 1 amide bonds. The molecule has 2 unspecified atom stereocenters. The number of nitrogens with one attached hydrogen (secondary N) is 3. The number of carbonyl (C=O) groups excluding carboxylic acids is 1. The second-order valence-electron chi connectivity index (χ2n) is 8.70. The molecule has 0 aromatic heterocycles. The minimum atomic E-state index is -4.79. The summed E-state index contributed by atoms with van der Waals surface area (Å²) in [6, 6.07) is 5.57. The third kappa shape index (κ3) is 4.13. The van der Waals surface area contributed by atoms with Crippen molar-refractivity contribution in [3.63, 3.8) is 0 Å². The quantitative estimate of drug-likeness (QED) is 0.559. The highest BCUT2D eigenvalue weighted by Gasteiger charge is 2.55. The number of anilines is 1. The van der Waals surface area contributed by atoms with Crippen LogP contribution >= 0.6 is 0 Å². The van der Waals surface area contributed by atoms with Crippen LogP contribution in [0.15, 0.2) is 52.5 Å². The molecule has 1 aromatic carbocycles. The summed E-state index contributed by atoms with van der Waals surface area (Å²) in [7, 11) is -4.79. The summed E-state index contributed by atoms with van der Waals surface area (Å²) in [5, 5.41) is 9.40. The van der Waals surface area contributed by atoms with Crippen molar-refractivity contribution in [2.24, 2.45) is 5.92 Å². The second-order valence-corrected chi connectivity index (χ2v) is 10.0. The van der Waals surface area contributed by atoms with E-state index in [1.807, 2.05) is 13.8 Å². The van der Waals surface area contributed by atoms with E-state index in [1.54, 1.807) is 6.07 Å². The van der Waals surface area contributed by atoms with Gasteiger partial charge in [0.05, 0.1) is 5.70 Å². The van der Waals surface area contributed by atoms with Crippen molar-refractivity contribution in [1.82, 2.24) is 15.5 Å². The summed E-state index contributed by atoms with van der Waals surface area (Å²) >= 11 is 0. The number of carbonyl (C=O) groups is 1. The predicted octanol–water partition coefficient (Wildman–Crippen LogP) is 2.80. The van der Waals surface area contributed by atoms with Crippen LogP contribution in [0.2, 0.25) is 0 Å². The lowest BCUT2D eigenvalue weighted by Crippen LogP contribution is -2.59. The lowest BCUT2D eigenvalue weighted by Gasteiger charge is -2.45. The van der Waals surface area contributed by atoms with Gasteiger partial charge in [-0.05, 0) is 57.5 Å². The normalized spacial score (nSPS) is 28.8. The Morgan fingerprint density at radius 2 is 2.12 bits per heavy atom. The Kier molecular flexibility index (Phi) is 6.02. The molecular formula is C22H28F2N4O3S. The average molecular weight is 467 g/mol. The van der Waals surface area contributed by atoms with E-state index in [4.69, 9.17) is 0 Å². The molecule has 2 aliphatic heterocycles. The zero-order chi connectivity index (χ0) is 23.1. The van der Waals surface area contributed by atoms with Crippen molar-refractivity contribution in [2.45, 2.75) is 49.6 Å². The fourth-order valence-electron chi connectivity index (χ4n) is 5.01. The van der Waals surface area contributed by atoms with Crippen molar-refractivity contribution in [2.75, 3.05) is 25.0 Å². The molecule has 2 fully saturated rings. The number of likely N-dealkylation sites (N-methyl/N-ethyl adjacent to an activating group) is 1. The summed E-state index contributed by atoms with van der Waals surface area (Å²) in [6.07, 6.45) is 3.23. The first-order valence-electron chi connectivity index (χ1n) is 10.8. The van der Waals surface area contributed by atoms with Gasteiger partial charge in [-0.3, -0.25) is 9.69 Å². The third-order valence-corrected chi connectivity index (χ3v) is 7.47. The van der Waals surface area contributed by atoms with Crippen LogP contribution < -0.4 is 16.0 Å². The Morgan fingerprint density at radius 3 is 2.84 bits per heavy atom. The molecule has 2 saturated heterocycles. The molecule has 7 nitrogen and oxygen atoms in total. The SMILES string of the molecule is CCNC1=C2NC(=O)C(C)(N3CCC[C@@H](Nc4cccc(S(=O)(=O)F)c4)C3)C2CC(F)=C1. The lowest BCUT2D eigenvalue weighted by atomic mass is 9.78. The number of nitrogens with zero attached hydrogens (tertiary/aromatic N) is 1. The Labute approximate surface area is 187 Å². The van der Waals surface area contributed by atoms with Crippen LogP contribution in [0.1, 0.15) is 33.1 Å². The van der Waals surface area contributed by atoms with Gasteiger partial charge in [-0.2, -0.15) is 8.42 Å². The maximum atomic E-state index is 14.5. The standard InChI is InChI=1S/C22H28F2N4O3S/c1-3-25-19-11-14(23)10-18-20(19)27-21(29)22(18,2)28-9-5-7-16(13-28)26-15-6-4-8-17(12-15)32(24,30)31/h4,6,8,11-12,16,18,25-26H,3,5,7,9-10,13H2,1-2H3,(H,27,29)/t16-,18?,22?/m1/s1. The fourth-order valence-corrected chi connectivity index (χ4v) is 5.52. The number of hydrogen-bond acceptors (Lipinski definition) is 6. The first-order chi connectivity index (χ1) is 15.1. The Hall–Kier alpha value is -2.46. The van der Waals surface area contributed by atoms with E-state index >= 15 is 0 Å². The molecule has 2 heterocycles. The molecule has 3 aliphatic rings. The number of benzene rings is 1. The molecule has 174 valence electrons. The number of hydrogen-bond donors (Lipinski definition) is 3. The van der Waals surface area contributed by atoms with E-state index in [1.165, 1.54) is 24.3 Å². The molecule has 0 spiro atoms. The molecule has 0 bridgehead atoms. The van der Waals surface area contributed by atoms with E-state index in [0.29, 0.717) is 31.0 Å². The van der Waals surface area contributed by atoms with Crippen LogP contribution in [-0.4, -0.2) is 50.4 Å². The average Bonchev–Trinajstić information content (AvgIpc) is 3.00. The van der Waals surface area contributed by atoms with Gasteiger partial charge in [-0.25, -0.2) is 4.39 Å². The van der Waals surface area contributed by atoms with Crippen LogP contribution in [0.3, 0.4) is 0 Å². The Bertz CT molecular complexity index is 1090. The van der Waals surface area contributed by atoms with Gasteiger partial charge in [-0.15, -0.1) is 3.89 Å². The minimum absolute atomic E-state index is 0.0730. The van der Waals surface area contributed by atoms with Gasteiger partial charge in [-0.1, -0.05) is 6.07 Å². The van der Waals surface area contributed by atoms with E-state index < -0.39 is 20.7 Å². The Balaban J connectivity index is 1.56.